The van der Waals surface area contributed by atoms with Crippen molar-refractivity contribution in [2.24, 2.45) is 0 Å². The van der Waals surface area contributed by atoms with E-state index in [1.165, 1.54) is 0 Å². The van der Waals surface area contributed by atoms with Gasteiger partial charge in [0.05, 0.1) is 17.2 Å². The molecule has 0 radical (unpaired) electrons. The molecule has 0 saturated carbocycles. The Labute approximate surface area is 126 Å². The van der Waals surface area contributed by atoms with Gasteiger partial charge in [0.2, 0.25) is 5.91 Å². The number of carbonyl (C=O) groups is 2. The first-order valence-corrected chi connectivity index (χ1v) is 7.79. The fourth-order valence-corrected chi connectivity index (χ4v) is 2.58. The van der Waals surface area contributed by atoms with Crippen LogP contribution in [0.5, 0.6) is 0 Å². The van der Waals surface area contributed by atoms with Gasteiger partial charge in [-0.3, -0.25) is 13.8 Å². The van der Waals surface area contributed by atoms with Crippen molar-refractivity contribution in [2.45, 2.75) is 17.7 Å². The van der Waals surface area contributed by atoms with Gasteiger partial charge in [-0.25, -0.2) is 0 Å². The molecule has 0 aliphatic carbocycles. The van der Waals surface area contributed by atoms with Gasteiger partial charge in [-0.15, -0.1) is 0 Å². The molecule has 1 aromatic carbocycles. The number of amides is 1. The summed E-state index contributed by atoms with van der Waals surface area (Å²) in [6.45, 7) is 1.05. The second-order valence-electron chi connectivity index (χ2n) is 4.40. The van der Waals surface area contributed by atoms with E-state index >= 15 is 0 Å². The van der Waals surface area contributed by atoms with Crippen LogP contribution in [0, 0.1) is 0 Å². The predicted molar refractivity (Wildman–Crippen MR) is 78.6 cm³/mol. The lowest BCUT2D eigenvalue weighted by molar-refractivity contribution is -0.136. The zero-order valence-corrected chi connectivity index (χ0v) is 12.6. The van der Waals surface area contributed by atoms with Crippen LogP contribution in [0.25, 0.3) is 0 Å². The van der Waals surface area contributed by atoms with Crippen molar-refractivity contribution >= 4 is 22.7 Å². The Bertz CT molecular complexity index is 501. The van der Waals surface area contributed by atoms with Crippen LogP contribution >= 0.6 is 0 Å². The summed E-state index contributed by atoms with van der Waals surface area (Å²) in [4.78, 5) is 22.6. The van der Waals surface area contributed by atoms with E-state index in [9.17, 15) is 13.8 Å². The number of rotatable bonds is 9. The number of ether oxygens (including phenoxy) is 1. The second-order valence-corrected chi connectivity index (χ2v) is 5.85. The summed E-state index contributed by atoms with van der Waals surface area (Å²) in [6.07, 6.45) is 0.631. The SMILES string of the molecule is COCCCNC(=O)CS(=O)c1ccc(CC(=O)O)cc1. The Morgan fingerprint density at radius 3 is 2.52 bits per heavy atom. The number of nitrogens with one attached hydrogen (secondary N) is 1. The quantitative estimate of drug-likeness (QED) is 0.650. The van der Waals surface area contributed by atoms with Crippen LogP contribution < -0.4 is 5.32 Å². The van der Waals surface area contributed by atoms with Gasteiger partial charge in [-0.05, 0) is 24.1 Å². The first-order chi connectivity index (χ1) is 10.0. The average Bonchev–Trinajstić information content (AvgIpc) is 2.43. The number of hydrogen-bond donors (Lipinski definition) is 2. The highest BCUT2D eigenvalue weighted by atomic mass is 32.2. The number of aliphatic carboxylic acids is 1. The summed E-state index contributed by atoms with van der Waals surface area (Å²) >= 11 is 0. The highest BCUT2D eigenvalue weighted by Crippen LogP contribution is 2.09. The highest BCUT2D eigenvalue weighted by molar-refractivity contribution is 7.85. The summed E-state index contributed by atoms with van der Waals surface area (Å²) in [7, 11) is 0.156. The Morgan fingerprint density at radius 2 is 1.95 bits per heavy atom. The molecule has 1 unspecified atom stereocenters. The monoisotopic (exact) mass is 313 g/mol. The van der Waals surface area contributed by atoms with Gasteiger partial charge < -0.3 is 15.2 Å². The maximum Gasteiger partial charge on any atom is 0.307 e. The molecule has 0 spiro atoms. The number of benzene rings is 1. The molecule has 0 heterocycles. The van der Waals surface area contributed by atoms with Crippen molar-refractivity contribution in [1.29, 1.82) is 0 Å². The molecular weight excluding hydrogens is 294 g/mol. The third-order valence-corrected chi connectivity index (χ3v) is 3.97. The first kappa shape index (κ1) is 17.3. The number of carboxylic acid groups (broad SMARTS) is 1. The molecule has 116 valence electrons. The topological polar surface area (TPSA) is 92.7 Å². The maximum absolute atomic E-state index is 12.0. The Kier molecular flexibility index (Phi) is 7.63. The molecule has 1 amide bonds. The highest BCUT2D eigenvalue weighted by Gasteiger charge is 2.10. The molecule has 0 bridgehead atoms. The molecule has 1 aromatic rings. The van der Waals surface area contributed by atoms with Crippen molar-refractivity contribution in [3.05, 3.63) is 29.8 Å². The fourth-order valence-electron chi connectivity index (χ4n) is 1.63. The van der Waals surface area contributed by atoms with Crippen molar-refractivity contribution in [2.75, 3.05) is 26.0 Å². The summed E-state index contributed by atoms with van der Waals surface area (Å²) in [6, 6.07) is 6.40. The molecule has 1 atom stereocenters. The van der Waals surface area contributed by atoms with Gasteiger partial charge in [-0.2, -0.15) is 0 Å². The molecule has 0 aromatic heterocycles. The summed E-state index contributed by atoms with van der Waals surface area (Å²) in [5, 5.41) is 11.3. The lowest BCUT2D eigenvalue weighted by Gasteiger charge is -2.05. The minimum atomic E-state index is -1.43. The molecule has 21 heavy (non-hydrogen) atoms. The lowest BCUT2D eigenvalue weighted by Crippen LogP contribution is -2.29. The summed E-state index contributed by atoms with van der Waals surface area (Å²) in [5.74, 6) is -1.30. The molecule has 1 rings (SSSR count). The van der Waals surface area contributed by atoms with E-state index < -0.39 is 16.8 Å². The average molecular weight is 313 g/mol. The van der Waals surface area contributed by atoms with Gasteiger partial charge in [0.15, 0.2) is 0 Å². The van der Waals surface area contributed by atoms with Crippen molar-refractivity contribution in [1.82, 2.24) is 5.32 Å². The van der Waals surface area contributed by atoms with E-state index in [2.05, 4.69) is 5.32 Å². The lowest BCUT2D eigenvalue weighted by atomic mass is 10.2. The van der Waals surface area contributed by atoms with Crippen molar-refractivity contribution < 1.29 is 23.6 Å². The zero-order chi connectivity index (χ0) is 15.7. The summed E-state index contributed by atoms with van der Waals surface area (Å²) in [5.41, 5.74) is 0.632. The fraction of sp³-hybridized carbons (Fsp3) is 0.429. The molecule has 2 N–H and O–H groups in total. The molecule has 7 heteroatoms. The van der Waals surface area contributed by atoms with E-state index in [1.807, 2.05) is 0 Å². The molecule has 6 nitrogen and oxygen atoms in total. The Morgan fingerprint density at radius 1 is 1.29 bits per heavy atom. The molecule has 0 fully saturated rings. The maximum atomic E-state index is 12.0. The van der Waals surface area contributed by atoms with E-state index in [1.54, 1.807) is 31.4 Å². The molecular formula is C14H19NO5S. The summed E-state index contributed by atoms with van der Waals surface area (Å²) < 4.78 is 16.8. The number of carbonyl (C=O) groups excluding carboxylic acids is 1. The number of hydrogen-bond acceptors (Lipinski definition) is 4. The van der Waals surface area contributed by atoms with Gasteiger partial charge in [-0.1, -0.05) is 12.1 Å². The van der Waals surface area contributed by atoms with Crippen LogP contribution in [-0.4, -0.2) is 47.2 Å². The molecule has 0 aliphatic rings. The van der Waals surface area contributed by atoms with Gasteiger partial charge in [0.1, 0.15) is 5.75 Å². The largest absolute Gasteiger partial charge is 0.481 e. The Hall–Kier alpha value is -1.73. The van der Waals surface area contributed by atoms with E-state index in [0.29, 0.717) is 30.0 Å². The zero-order valence-electron chi connectivity index (χ0n) is 11.8. The van der Waals surface area contributed by atoms with Gasteiger partial charge >= 0.3 is 5.97 Å². The van der Waals surface area contributed by atoms with E-state index in [4.69, 9.17) is 9.84 Å². The third-order valence-electron chi connectivity index (χ3n) is 2.65. The normalized spacial score (nSPS) is 11.9. The van der Waals surface area contributed by atoms with Gasteiger partial charge in [0, 0.05) is 25.2 Å². The van der Waals surface area contributed by atoms with E-state index in [-0.39, 0.29) is 18.1 Å². The molecule has 0 saturated heterocycles. The van der Waals surface area contributed by atoms with Crippen LogP contribution in [0.2, 0.25) is 0 Å². The van der Waals surface area contributed by atoms with Crippen LogP contribution in [0.4, 0.5) is 0 Å². The Balaban J connectivity index is 2.44. The predicted octanol–water partition coefficient (Wildman–Crippen LogP) is 0.574. The van der Waals surface area contributed by atoms with Crippen molar-refractivity contribution in [3.8, 4) is 0 Å². The first-order valence-electron chi connectivity index (χ1n) is 6.47. The minimum absolute atomic E-state index is 0.0765. The smallest absolute Gasteiger partial charge is 0.307 e. The second kappa shape index (κ2) is 9.25. The number of methoxy groups -OCH3 is 1. The van der Waals surface area contributed by atoms with Crippen molar-refractivity contribution in [3.63, 3.8) is 0 Å². The minimum Gasteiger partial charge on any atom is -0.481 e. The number of carboxylic acids is 1. The van der Waals surface area contributed by atoms with Gasteiger partial charge in [0.25, 0.3) is 0 Å². The van der Waals surface area contributed by atoms with Crippen LogP contribution in [-0.2, 0) is 31.5 Å². The van der Waals surface area contributed by atoms with E-state index in [0.717, 1.165) is 0 Å². The van der Waals surface area contributed by atoms with Crippen LogP contribution in [0.15, 0.2) is 29.2 Å². The molecule has 0 aliphatic heterocycles. The third kappa shape index (κ3) is 7.01. The standard InChI is InChI=1S/C14H19NO5S/c1-20-8-2-7-15-13(16)10-21(19)12-5-3-11(4-6-12)9-14(17)18/h3-6H,2,7-10H2,1H3,(H,15,16)(H,17,18). The van der Waals surface area contributed by atoms with Crippen LogP contribution in [0.3, 0.4) is 0 Å². The van der Waals surface area contributed by atoms with Crippen LogP contribution in [0.1, 0.15) is 12.0 Å².